The molecule has 0 radical (unpaired) electrons. The molecule has 0 saturated carbocycles. The molecule has 2 aromatic rings. The van der Waals surface area contributed by atoms with Crippen LogP contribution >= 0.6 is 0 Å². The van der Waals surface area contributed by atoms with Crippen molar-refractivity contribution in [3.05, 3.63) is 65.7 Å². The second-order valence-electron chi connectivity index (χ2n) is 7.58. The molecule has 0 aliphatic carbocycles. The van der Waals surface area contributed by atoms with Gasteiger partial charge in [-0.3, -0.25) is 9.69 Å². The van der Waals surface area contributed by atoms with E-state index in [9.17, 15) is 24.6 Å². The highest BCUT2D eigenvalue weighted by molar-refractivity contribution is 6.08. The number of carbonyl (C=O) groups is 3. The highest BCUT2D eigenvalue weighted by atomic mass is 16.6. The van der Waals surface area contributed by atoms with Crippen LogP contribution in [0.1, 0.15) is 37.8 Å². The Morgan fingerprint density at radius 3 is 2.07 bits per heavy atom. The van der Waals surface area contributed by atoms with Gasteiger partial charge in [0.2, 0.25) is 0 Å². The van der Waals surface area contributed by atoms with Crippen molar-refractivity contribution in [2.24, 2.45) is 0 Å². The number of para-hydroxylation sites is 1. The lowest BCUT2D eigenvalue weighted by Gasteiger charge is -2.38. The molecule has 146 valence electrons. The van der Waals surface area contributed by atoms with Gasteiger partial charge < -0.3 is 14.9 Å². The van der Waals surface area contributed by atoms with Crippen molar-refractivity contribution >= 4 is 23.7 Å². The Morgan fingerprint density at radius 1 is 0.964 bits per heavy atom. The number of nitrogens with zero attached hydrogens (tertiary/aromatic N) is 1. The van der Waals surface area contributed by atoms with Crippen LogP contribution in [0, 0.1) is 0 Å². The van der Waals surface area contributed by atoms with Crippen molar-refractivity contribution in [1.82, 2.24) is 0 Å². The Bertz CT molecular complexity index is 933. The number of rotatable bonds is 3. The Balaban J connectivity index is 2.36. The smallest absolute Gasteiger partial charge is 0.416 e. The number of ether oxygens (including phenoxy) is 1. The number of hydrogen-bond donors (Lipinski definition) is 2. The lowest BCUT2D eigenvalue weighted by molar-refractivity contribution is -0.152. The van der Waals surface area contributed by atoms with Gasteiger partial charge in [-0.05, 0) is 38.0 Å². The molecule has 0 spiro atoms. The minimum Gasteiger partial charge on any atom is -0.481 e. The Morgan fingerprint density at radius 2 is 1.54 bits per heavy atom. The Labute approximate surface area is 162 Å². The van der Waals surface area contributed by atoms with Crippen LogP contribution < -0.4 is 4.90 Å². The fourth-order valence-corrected chi connectivity index (χ4v) is 3.67. The summed E-state index contributed by atoms with van der Waals surface area (Å²) in [5, 5.41) is 20.3. The quantitative estimate of drug-likeness (QED) is 0.839. The third kappa shape index (κ3) is 2.89. The SMILES string of the molecule is CC(C)(C)OC(=O)N1c2ccccc2[C@H](C(=O)O)[C@@]1(C(=O)O)c1ccccc1. The van der Waals surface area contributed by atoms with Crippen LogP contribution in [0.3, 0.4) is 0 Å². The van der Waals surface area contributed by atoms with Crippen molar-refractivity contribution in [2.75, 3.05) is 4.90 Å². The Kier molecular flexibility index (Phi) is 4.62. The number of fused-ring (bicyclic) bond motifs is 1. The van der Waals surface area contributed by atoms with Crippen LogP contribution in [0.15, 0.2) is 54.6 Å². The number of carboxylic acids is 2. The normalized spacial score (nSPS) is 21.1. The van der Waals surface area contributed by atoms with Gasteiger partial charge in [-0.2, -0.15) is 0 Å². The van der Waals surface area contributed by atoms with Crippen molar-refractivity contribution in [3.8, 4) is 0 Å². The maximum atomic E-state index is 13.1. The van der Waals surface area contributed by atoms with Crippen LogP contribution in [0.2, 0.25) is 0 Å². The predicted octanol–water partition coefficient (Wildman–Crippen LogP) is 3.59. The summed E-state index contributed by atoms with van der Waals surface area (Å²) < 4.78 is 5.46. The van der Waals surface area contributed by atoms with Gasteiger partial charge in [0.05, 0.1) is 5.69 Å². The molecular weight excluding hydrogens is 362 g/mol. The van der Waals surface area contributed by atoms with Gasteiger partial charge in [-0.1, -0.05) is 48.5 Å². The van der Waals surface area contributed by atoms with E-state index in [0.717, 1.165) is 4.90 Å². The van der Waals surface area contributed by atoms with Gasteiger partial charge in [0, 0.05) is 0 Å². The summed E-state index contributed by atoms with van der Waals surface area (Å²) in [4.78, 5) is 39.0. The number of hydrogen-bond acceptors (Lipinski definition) is 4. The number of amides is 1. The number of carbonyl (C=O) groups excluding carboxylic acids is 1. The summed E-state index contributed by atoms with van der Waals surface area (Å²) in [6.07, 6.45) is -0.921. The van der Waals surface area contributed by atoms with Gasteiger partial charge >= 0.3 is 18.0 Å². The molecule has 1 aliphatic rings. The summed E-state index contributed by atoms with van der Waals surface area (Å²) in [6.45, 7) is 4.98. The van der Waals surface area contributed by atoms with Crippen molar-refractivity contribution in [3.63, 3.8) is 0 Å². The number of carboxylic acid groups (broad SMARTS) is 2. The first-order valence-corrected chi connectivity index (χ1v) is 8.74. The van der Waals surface area contributed by atoms with E-state index in [1.54, 1.807) is 51.1 Å². The van der Waals surface area contributed by atoms with Gasteiger partial charge in [0.25, 0.3) is 0 Å². The summed E-state index contributed by atoms with van der Waals surface area (Å²) >= 11 is 0. The lowest BCUT2D eigenvalue weighted by atomic mass is 9.76. The first-order chi connectivity index (χ1) is 13.1. The molecule has 3 rings (SSSR count). The molecular formula is C21H21NO6. The zero-order valence-electron chi connectivity index (χ0n) is 15.7. The van der Waals surface area contributed by atoms with E-state index in [1.165, 1.54) is 24.3 Å². The third-order valence-corrected chi connectivity index (χ3v) is 4.62. The molecule has 7 heteroatoms. The number of benzene rings is 2. The largest absolute Gasteiger partial charge is 0.481 e. The zero-order chi connectivity index (χ0) is 20.7. The van der Waals surface area contributed by atoms with E-state index in [4.69, 9.17) is 4.74 Å². The molecule has 28 heavy (non-hydrogen) atoms. The first-order valence-electron chi connectivity index (χ1n) is 8.74. The Hall–Kier alpha value is -3.35. The van der Waals surface area contributed by atoms with E-state index < -0.39 is 35.1 Å². The van der Waals surface area contributed by atoms with Crippen LogP contribution in [0.25, 0.3) is 0 Å². The number of aliphatic carboxylic acids is 2. The first kappa shape index (κ1) is 19.4. The molecule has 0 aromatic heterocycles. The summed E-state index contributed by atoms with van der Waals surface area (Å²) in [5.41, 5.74) is -2.45. The van der Waals surface area contributed by atoms with Crippen LogP contribution in [-0.4, -0.2) is 33.8 Å². The maximum Gasteiger partial charge on any atom is 0.416 e. The second kappa shape index (κ2) is 6.67. The lowest BCUT2D eigenvalue weighted by Crippen LogP contribution is -2.57. The molecule has 0 unspecified atom stereocenters. The molecule has 2 atom stereocenters. The average Bonchev–Trinajstić information content (AvgIpc) is 2.93. The third-order valence-electron chi connectivity index (χ3n) is 4.62. The van der Waals surface area contributed by atoms with Crippen molar-refractivity contribution in [1.29, 1.82) is 0 Å². The fourth-order valence-electron chi connectivity index (χ4n) is 3.67. The van der Waals surface area contributed by atoms with Gasteiger partial charge in [-0.15, -0.1) is 0 Å². The minimum absolute atomic E-state index is 0.178. The zero-order valence-corrected chi connectivity index (χ0v) is 15.7. The molecule has 1 heterocycles. The van der Waals surface area contributed by atoms with Crippen molar-refractivity contribution in [2.45, 2.75) is 37.8 Å². The predicted molar refractivity (Wildman–Crippen MR) is 101 cm³/mol. The maximum absolute atomic E-state index is 13.1. The summed E-state index contributed by atoms with van der Waals surface area (Å²) in [5.74, 6) is -4.30. The fraction of sp³-hybridized carbons (Fsp3) is 0.286. The van der Waals surface area contributed by atoms with Crippen LogP contribution in [-0.2, 0) is 19.9 Å². The molecule has 1 amide bonds. The van der Waals surface area contributed by atoms with E-state index in [1.807, 2.05) is 0 Å². The molecule has 1 aliphatic heterocycles. The van der Waals surface area contributed by atoms with E-state index in [2.05, 4.69) is 0 Å². The van der Waals surface area contributed by atoms with E-state index in [0.29, 0.717) is 0 Å². The molecule has 0 fully saturated rings. The van der Waals surface area contributed by atoms with Crippen molar-refractivity contribution < 1.29 is 29.3 Å². The van der Waals surface area contributed by atoms with Crippen LogP contribution in [0.5, 0.6) is 0 Å². The molecule has 0 saturated heterocycles. The van der Waals surface area contributed by atoms with Gasteiger partial charge in [0.15, 0.2) is 5.54 Å². The topological polar surface area (TPSA) is 104 Å². The monoisotopic (exact) mass is 383 g/mol. The van der Waals surface area contributed by atoms with E-state index >= 15 is 0 Å². The highest BCUT2D eigenvalue weighted by Gasteiger charge is 2.64. The summed E-state index contributed by atoms with van der Waals surface area (Å²) in [6, 6.07) is 14.2. The van der Waals surface area contributed by atoms with Gasteiger partial charge in [-0.25, -0.2) is 9.59 Å². The molecule has 0 bridgehead atoms. The second-order valence-corrected chi connectivity index (χ2v) is 7.58. The number of anilines is 1. The highest BCUT2D eigenvalue weighted by Crippen LogP contribution is 2.54. The standard InChI is InChI=1S/C21H21NO6/c1-20(2,3)28-19(27)22-15-12-8-7-11-14(15)16(17(23)24)21(22,18(25)26)13-9-5-4-6-10-13/h4-12,16H,1-3H3,(H,23,24)(H,25,26)/t16-,21-/m1/s1. The van der Waals surface area contributed by atoms with Crippen LogP contribution in [0.4, 0.5) is 10.5 Å². The average molecular weight is 383 g/mol. The van der Waals surface area contributed by atoms with E-state index in [-0.39, 0.29) is 16.8 Å². The molecule has 7 nitrogen and oxygen atoms in total. The molecule has 2 aromatic carbocycles. The molecule has 2 N–H and O–H groups in total. The minimum atomic E-state index is -2.18. The van der Waals surface area contributed by atoms with Gasteiger partial charge in [0.1, 0.15) is 11.5 Å². The summed E-state index contributed by atoms with van der Waals surface area (Å²) in [7, 11) is 0.